The zero-order valence-corrected chi connectivity index (χ0v) is 11.3. The summed E-state index contributed by atoms with van der Waals surface area (Å²) in [6.45, 7) is 3.92. The predicted molar refractivity (Wildman–Crippen MR) is 73.9 cm³/mol. The Morgan fingerprint density at radius 2 is 2.21 bits per heavy atom. The number of ether oxygens (including phenoxy) is 1. The van der Waals surface area contributed by atoms with Gasteiger partial charge in [0.1, 0.15) is 12.0 Å². The molecule has 0 amide bonds. The minimum atomic E-state index is 0.0632. The van der Waals surface area contributed by atoms with Crippen LogP contribution in [0, 0.1) is 11.3 Å². The molecule has 98 valence electrons. The number of hydrogen-bond donors (Lipinski definition) is 0. The highest BCUT2D eigenvalue weighted by atomic mass is 16.5. The molecule has 0 spiro atoms. The number of aldehydes is 1. The third-order valence-electron chi connectivity index (χ3n) is 3.23. The van der Waals surface area contributed by atoms with Crippen LogP contribution in [0.25, 0.3) is 5.57 Å². The van der Waals surface area contributed by atoms with Crippen molar-refractivity contribution < 1.29 is 9.53 Å². The predicted octanol–water partition coefficient (Wildman–Crippen LogP) is 3.07. The van der Waals surface area contributed by atoms with Gasteiger partial charge < -0.3 is 9.53 Å². The molecule has 1 aromatic rings. The molecule has 1 aliphatic carbocycles. The number of aryl methyl sites for hydroxylation is 1. The summed E-state index contributed by atoms with van der Waals surface area (Å²) in [5.74, 6) is 0.756. The Morgan fingerprint density at radius 1 is 1.42 bits per heavy atom. The van der Waals surface area contributed by atoms with Crippen LogP contribution in [-0.4, -0.2) is 12.4 Å². The van der Waals surface area contributed by atoms with Crippen molar-refractivity contribution in [2.75, 3.05) is 0 Å². The second-order valence-electron chi connectivity index (χ2n) is 4.91. The van der Waals surface area contributed by atoms with E-state index in [1.54, 1.807) is 6.08 Å². The number of carbonyl (C=O) groups is 1. The summed E-state index contributed by atoms with van der Waals surface area (Å²) in [5, 5.41) is 8.86. The molecule has 0 fully saturated rings. The Labute approximate surface area is 113 Å². The van der Waals surface area contributed by atoms with Crippen molar-refractivity contribution in [1.82, 2.24) is 0 Å². The topological polar surface area (TPSA) is 50.1 Å². The lowest BCUT2D eigenvalue weighted by Crippen LogP contribution is -2.09. The van der Waals surface area contributed by atoms with E-state index in [1.165, 1.54) is 5.56 Å². The van der Waals surface area contributed by atoms with Gasteiger partial charge in [0.15, 0.2) is 0 Å². The van der Waals surface area contributed by atoms with Crippen molar-refractivity contribution >= 4 is 11.9 Å². The minimum Gasteiger partial charge on any atom is -0.491 e. The molecule has 2 rings (SSSR count). The lowest BCUT2D eigenvalue weighted by molar-refractivity contribution is -0.107. The molecule has 0 heterocycles. The molecule has 19 heavy (non-hydrogen) atoms. The van der Waals surface area contributed by atoms with E-state index in [4.69, 9.17) is 10.00 Å². The van der Waals surface area contributed by atoms with Crippen molar-refractivity contribution in [3.05, 3.63) is 34.9 Å². The van der Waals surface area contributed by atoms with Crippen LogP contribution in [0.3, 0.4) is 0 Å². The van der Waals surface area contributed by atoms with Gasteiger partial charge in [-0.2, -0.15) is 5.26 Å². The number of nitriles is 1. The van der Waals surface area contributed by atoms with E-state index in [0.717, 1.165) is 41.6 Å². The summed E-state index contributed by atoms with van der Waals surface area (Å²) >= 11 is 0. The standard InChI is InChI=1S/C16H17NO2/c1-11(2)19-15-6-5-12-3-4-13(7-9-17)16(12)14(15)8-10-18/h5-7,10-11H,3-4,8H2,1-2H3. The first-order chi connectivity index (χ1) is 9.17. The fourth-order valence-corrected chi connectivity index (χ4v) is 2.55. The Balaban J connectivity index is 2.56. The normalized spacial score (nSPS) is 15.4. The van der Waals surface area contributed by atoms with E-state index in [1.807, 2.05) is 26.0 Å². The van der Waals surface area contributed by atoms with Gasteiger partial charge in [0.2, 0.25) is 0 Å². The summed E-state index contributed by atoms with van der Waals surface area (Å²) in [4.78, 5) is 10.9. The molecule has 0 aliphatic heterocycles. The fourth-order valence-electron chi connectivity index (χ4n) is 2.55. The van der Waals surface area contributed by atoms with Crippen molar-refractivity contribution in [2.45, 2.75) is 39.2 Å². The van der Waals surface area contributed by atoms with Crippen molar-refractivity contribution in [3.8, 4) is 11.8 Å². The number of hydrogen-bond acceptors (Lipinski definition) is 3. The zero-order chi connectivity index (χ0) is 13.8. The molecule has 3 nitrogen and oxygen atoms in total. The average Bonchev–Trinajstić information content (AvgIpc) is 2.76. The zero-order valence-electron chi connectivity index (χ0n) is 11.3. The van der Waals surface area contributed by atoms with E-state index >= 15 is 0 Å². The fraction of sp³-hybridized carbons (Fsp3) is 0.375. The maximum Gasteiger partial charge on any atom is 0.124 e. The quantitative estimate of drug-likeness (QED) is 0.613. The number of nitrogens with zero attached hydrogens (tertiary/aromatic N) is 1. The SMILES string of the molecule is CC(C)Oc1ccc2c(c1CC=O)C(=CC#N)CC2. The minimum absolute atomic E-state index is 0.0632. The highest BCUT2D eigenvalue weighted by Gasteiger charge is 2.22. The Morgan fingerprint density at radius 3 is 2.84 bits per heavy atom. The summed E-state index contributed by atoms with van der Waals surface area (Å²) < 4.78 is 5.78. The maximum atomic E-state index is 10.9. The molecule has 0 aromatic heterocycles. The van der Waals surface area contributed by atoms with Crippen LogP contribution in [0.15, 0.2) is 18.2 Å². The van der Waals surface area contributed by atoms with Crippen LogP contribution in [0.4, 0.5) is 0 Å². The Hall–Kier alpha value is -2.08. The van der Waals surface area contributed by atoms with E-state index in [-0.39, 0.29) is 6.10 Å². The molecule has 0 radical (unpaired) electrons. The maximum absolute atomic E-state index is 10.9. The van der Waals surface area contributed by atoms with Gasteiger partial charge in [-0.25, -0.2) is 0 Å². The summed E-state index contributed by atoms with van der Waals surface area (Å²) in [6, 6.07) is 6.07. The lowest BCUT2D eigenvalue weighted by Gasteiger charge is -2.16. The van der Waals surface area contributed by atoms with E-state index < -0.39 is 0 Å². The number of carbonyl (C=O) groups excluding carboxylic acids is 1. The molecule has 3 heteroatoms. The number of fused-ring (bicyclic) bond motifs is 1. The first-order valence-electron chi connectivity index (χ1n) is 6.51. The van der Waals surface area contributed by atoms with Crippen LogP contribution in [0.2, 0.25) is 0 Å². The van der Waals surface area contributed by atoms with Gasteiger partial charge in [-0.1, -0.05) is 6.07 Å². The van der Waals surface area contributed by atoms with Gasteiger partial charge >= 0.3 is 0 Å². The summed E-state index contributed by atoms with van der Waals surface area (Å²) in [7, 11) is 0. The van der Waals surface area contributed by atoms with Crippen LogP contribution >= 0.6 is 0 Å². The molecule has 1 aromatic carbocycles. The molecule has 0 N–H and O–H groups in total. The van der Waals surface area contributed by atoms with Crippen LogP contribution in [0.1, 0.15) is 37.0 Å². The molecule has 0 saturated carbocycles. The first kappa shape index (κ1) is 13.4. The number of allylic oxidation sites excluding steroid dienone is 2. The number of benzene rings is 1. The average molecular weight is 255 g/mol. The van der Waals surface area contributed by atoms with Gasteiger partial charge in [-0.3, -0.25) is 0 Å². The van der Waals surface area contributed by atoms with Gasteiger partial charge in [0.25, 0.3) is 0 Å². The highest BCUT2D eigenvalue weighted by molar-refractivity contribution is 5.80. The Bertz CT molecular complexity index is 565. The largest absolute Gasteiger partial charge is 0.491 e. The van der Waals surface area contributed by atoms with E-state index in [2.05, 4.69) is 6.07 Å². The van der Waals surface area contributed by atoms with Gasteiger partial charge in [-0.15, -0.1) is 0 Å². The third kappa shape index (κ3) is 2.68. The molecule has 0 saturated heterocycles. The molecule has 1 aliphatic rings. The lowest BCUT2D eigenvalue weighted by atomic mass is 9.97. The summed E-state index contributed by atoms with van der Waals surface area (Å²) in [6.07, 6.45) is 4.66. The van der Waals surface area contributed by atoms with Crippen LogP contribution in [0.5, 0.6) is 5.75 Å². The third-order valence-corrected chi connectivity index (χ3v) is 3.23. The van der Waals surface area contributed by atoms with Crippen molar-refractivity contribution in [3.63, 3.8) is 0 Å². The summed E-state index contributed by atoms with van der Waals surface area (Å²) in [5.41, 5.74) is 4.19. The van der Waals surface area contributed by atoms with Crippen LogP contribution < -0.4 is 4.74 Å². The van der Waals surface area contributed by atoms with Crippen molar-refractivity contribution in [1.29, 1.82) is 5.26 Å². The molecular formula is C16H17NO2. The molecule has 0 atom stereocenters. The Kier molecular flexibility index (Phi) is 4.01. The molecule has 0 unspecified atom stereocenters. The smallest absolute Gasteiger partial charge is 0.124 e. The van der Waals surface area contributed by atoms with E-state index in [0.29, 0.717) is 6.42 Å². The van der Waals surface area contributed by atoms with Gasteiger partial charge in [0.05, 0.1) is 12.2 Å². The molecule has 0 bridgehead atoms. The van der Waals surface area contributed by atoms with E-state index in [9.17, 15) is 4.79 Å². The highest BCUT2D eigenvalue weighted by Crippen LogP contribution is 2.39. The van der Waals surface area contributed by atoms with Crippen LogP contribution in [-0.2, 0) is 17.6 Å². The van der Waals surface area contributed by atoms with Gasteiger partial charge in [0, 0.05) is 18.1 Å². The monoisotopic (exact) mass is 255 g/mol. The van der Waals surface area contributed by atoms with Crippen molar-refractivity contribution in [2.24, 2.45) is 0 Å². The second kappa shape index (κ2) is 5.71. The first-order valence-corrected chi connectivity index (χ1v) is 6.51. The number of rotatable bonds is 4. The van der Waals surface area contributed by atoms with Gasteiger partial charge in [-0.05, 0) is 49.5 Å². The second-order valence-corrected chi connectivity index (χ2v) is 4.91. The molecular weight excluding hydrogens is 238 g/mol.